The second kappa shape index (κ2) is 6.91. The van der Waals surface area contributed by atoms with Crippen LogP contribution in [0.2, 0.25) is 0 Å². The first kappa shape index (κ1) is 14.3. The summed E-state index contributed by atoms with van der Waals surface area (Å²) in [5, 5.41) is 3.44. The molecule has 0 fully saturated rings. The number of methoxy groups -OCH3 is 2. The standard InChI is InChI=1S/C16H20N2O2/c1-12(14-8-4-5-10-17-14)18-11-13-7-6-9-15(19-2)16(13)20-3/h4-10,12,18H,11H2,1-3H3/t12-/m0/s1. The van der Waals surface area contributed by atoms with Crippen molar-refractivity contribution in [3.63, 3.8) is 0 Å². The summed E-state index contributed by atoms with van der Waals surface area (Å²) in [4.78, 5) is 4.35. The molecule has 0 unspecified atom stereocenters. The Kier molecular flexibility index (Phi) is 4.96. The highest BCUT2D eigenvalue weighted by Crippen LogP contribution is 2.30. The normalized spacial score (nSPS) is 11.9. The van der Waals surface area contributed by atoms with Crippen molar-refractivity contribution >= 4 is 0 Å². The molecule has 1 aromatic heterocycles. The van der Waals surface area contributed by atoms with Gasteiger partial charge in [0.1, 0.15) is 0 Å². The zero-order valence-electron chi connectivity index (χ0n) is 12.1. The topological polar surface area (TPSA) is 43.4 Å². The second-order valence-electron chi connectivity index (χ2n) is 4.51. The smallest absolute Gasteiger partial charge is 0.165 e. The number of nitrogens with one attached hydrogen (secondary N) is 1. The van der Waals surface area contributed by atoms with E-state index in [1.165, 1.54) is 0 Å². The van der Waals surface area contributed by atoms with E-state index in [2.05, 4.69) is 17.2 Å². The lowest BCUT2D eigenvalue weighted by atomic mass is 10.1. The van der Waals surface area contributed by atoms with Crippen LogP contribution < -0.4 is 14.8 Å². The summed E-state index contributed by atoms with van der Waals surface area (Å²) < 4.78 is 10.7. The molecule has 0 aliphatic rings. The fourth-order valence-electron chi connectivity index (χ4n) is 2.09. The van der Waals surface area contributed by atoms with E-state index >= 15 is 0 Å². The number of nitrogens with zero attached hydrogens (tertiary/aromatic N) is 1. The van der Waals surface area contributed by atoms with Crippen molar-refractivity contribution in [3.05, 3.63) is 53.9 Å². The molecule has 0 radical (unpaired) electrons. The molecule has 106 valence electrons. The Labute approximate surface area is 119 Å². The average molecular weight is 272 g/mol. The van der Waals surface area contributed by atoms with Crippen molar-refractivity contribution in [2.75, 3.05) is 14.2 Å². The molecule has 1 heterocycles. The fourth-order valence-corrected chi connectivity index (χ4v) is 2.09. The number of hydrogen-bond donors (Lipinski definition) is 1. The predicted molar refractivity (Wildman–Crippen MR) is 79.0 cm³/mol. The van der Waals surface area contributed by atoms with Gasteiger partial charge in [0, 0.05) is 24.3 Å². The molecule has 1 aromatic carbocycles. The van der Waals surface area contributed by atoms with Gasteiger partial charge >= 0.3 is 0 Å². The van der Waals surface area contributed by atoms with Gasteiger partial charge in [-0.25, -0.2) is 0 Å². The van der Waals surface area contributed by atoms with Gasteiger partial charge in [-0.1, -0.05) is 18.2 Å². The monoisotopic (exact) mass is 272 g/mol. The minimum absolute atomic E-state index is 0.173. The molecule has 0 saturated heterocycles. The van der Waals surface area contributed by atoms with Crippen molar-refractivity contribution in [2.24, 2.45) is 0 Å². The van der Waals surface area contributed by atoms with E-state index in [-0.39, 0.29) is 6.04 Å². The molecule has 0 spiro atoms. The van der Waals surface area contributed by atoms with Crippen molar-refractivity contribution in [3.8, 4) is 11.5 Å². The van der Waals surface area contributed by atoms with Gasteiger partial charge in [0.2, 0.25) is 0 Å². The molecule has 1 atom stereocenters. The van der Waals surface area contributed by atoms with Crippen molar-refractivity contribution < 1.29 is 9.47 Å². The van der Waals surface area contributed by atoms with Crippen LogP contribution >= 0.6 is 0 Å². The zero-order valence-corrected chi connectivity index (χ0v) is 12.1. The molecule has 0 aliphatic heterocycles. The third-order valence-electron chi connectivity index (χ3n) is 3.21. The van der Waals surface area contributed by atoms with E-state index < -0.39 is 0 Å². The second-order valence-corrected chi connectivity index (χ2v) is 4.51. The Morgan fingerprint density at radius 1 is 1.10 bits per heavy atom. The first-order valence-corrected chi connectivity index (χ1v) is 6.60. The quantitative estimate of drug-likeness (QED) is 0.878. The SMILES string of the molecule is COc1cccc(CN[C@@H](C)c2ccccn2)c1OC. The van der Waals surface area contributed by atoms with Crippen LogP contribution in [-0.2, 0) is 6.54 Å². The van der Waals surface area contributed by atoms with Crippen molar-refractivity contribution in [1.82, 2.24) is 10.3 Å². The number of benzene rings is 1. The third kappa shape index (κ3) is 3.27. The van der Waals surface area contributed by atoms with Crippen molar-refractivity contribution in [2.45, 2.75) is 19.5 Å². The van der Waals surface area contributed by atoms with Gasteiger partial charge in [0.25, 0.3) is 0 Å². The van der Waals surface area contributed by atoms with E-state index in [1.54, 1.807) is 20.4 Å². The van der Waals surface area contributed by atoms with Crippen molar-refractivity contribution in [1.29, 1.82) is 0 Å². The van der Waals surface area contributed by atoms with Gasteiger partial charge < -0.3 is 14.8 Å². The minimum Gasteiger partial charge on any atom is -0.493 e. The average Bonchev–Trinajstić information content (AvgIpc) is 2.52. The Morgan fingerprint density at radius 3 is 2.60 bits per heavy atom. The summed E-state index contributed by atoms with van der Waals surface area (Å²) in [5.74, 6) is 1.52. The van der Waals surface area contributed by atoms with Crippen LogP contribution in [-0.4, -0.2) is 19.2 Å². The molecule has 2 aromatic rings. The van der Waals surface area contributed by atoms with Crippen LogP contribution in [0.25, 0.3) is 0 Å². The molecule has 0 bridgehead atoms. The first-order chi connectivity index (χ1) is 9.76. The molecule has 1 N–H and O–H groups in total. The number of para-hydroxylation sites is 1. The van der Waals surface area contributed by atoms with Gasteiger partial charge in [-0.2, -0.15) is 0 Å². The van der Waals surface area contributed by atoms with Gasteiger partial charge in [-0.05, 0) is 25.1 Å². The number of ether oxygens (including phenoxy) is 2. The summed E-state index contributed by atoms with van der Waals surface area (Å²) in [6, 6.07) is 12.0. The predicted octanol–water partition coefficient (Wildman–Crippen LogP) is 2.95. The lowest BCUT2D eigenvalue weighted by molar-refractivity contribution is 0.350. The maximum absolute atomic E-state index is 5.42. The summed E-state index contributed by atoms with van der Waals surface area (Å²) >= 11 is 0. The largest absolute Gasteiger partial charge is 0.493 e. The summed E-state index contributed by atoms with van der Waals surface area (Å²) in [6.07, 6.45) is 1.81. The number of hydrogen-bond acceptors (Lipinski definition) is 4. The Morgan fingerprint density at radius 2 is 1.95 bits per heavy atom. The van der Waals surface area contributed by atoms with E-state index in [0.29, 0.717) is 6.54 Å². The molecular weight excluding hydrogens is 252 g/mol. The van der Waals surface area contributed by atoms with E-state index in [0.717, 1.165) is 22.8 Å². The minimum atomic E-state index is 0.173. The number of pyridine rings is 1. The lowest BCUT2D eigenvalue weighted by Crippen LogP contribution is -2.19. The molecule has 0 saturated carbocycles. The van der Waals surface area contributed by atoms with Gasteiger partial charge in [0.15, 0.2) is 11.5 Å². The highest BCUT2D eigenvalue weighted by atomic mass is 16.5. The highest BCUT2D eigenvalue weighted by molar-refractivity contribution is 5.46. The Hall–Kier alpha value is -2.07. The molecular formula is C16H20N2O2. The van der Waals surface area contributed by atoms with Crippen LogP contribution in [0.4, 0.5) is 0 Å². The summed E-state index contributed by atoms with van der Waals surface area (Å²) in [7, 11) is 3.30. The lowest BCUT2D eigenvalue weighted by Gasteiger charge is -2.16. The molecule has 4 heteroatoms. The van der Waals surface area contributed by atoms with Crippen LogP contribution in [0.15, 0.2) is 42.6 Å². The van der Waals surface area contributed by atoms with Gasteiger partial charge in [-0.3, -0.25) is 4.98 Å². The van der Waals surface area contributed by atoms with Crippen LogP contribution in [0.1, 0.15) is 24.2 Å². The van der Waals surface area contributed by atoms with E-state index in [1.807, 2.05) is 36.4 Å². The molecule has 2 rings (SSSR count). The van der Waals surface area contributed by atoms with E-state index in [9.17, 15) is 0 Å². The van der Waals surface area contributed by atoms with Gasteiger partial charge in [0.05, 0.1) is 19.9 Å². The Balaban J connectivity index is 2.07. The van der Waals surface area contributed by atoms with Gasteiger partial charge in [-0.15, -0.1) is 0 Å². The maximum Gasteiger partial charge on any atom is 0.165 e. The molecule has 20 heavy (non-hydrogen) atoms. The maximum atomic E-state index is 5.42. The van der Waals surface area contributed by atoms with E-state index in [4.69, 9.17) is 9.47 Å². The number of aromatic nitrogens is 1. The van der Waals surface area contributed by atoms with Crippen LogP contribution in [0.3, 0.4) is 0 Å². The summed E-state index contributed by atoms with van der Waals surface area (Å²) in [6.45, 7) is 2.78. The molecule has 0 aliphatic carbocycles. The number of rotatable bonds is 6. The molecule has 4 nitrogen and oxygen atoms in total. The summed E-state index contributed by atoms with van der Waals surface area (Å²) in [5.41, 5.74) is 2.09. The zero-order chi connectivity index (χ0) is 14.4. The Bertz CT molecular complexity index is 543. The highest BCUT2D eigenvalue weighted by Gasteiger charge is 2.11. The fraction of sp³-hybridized carbons (Fsp3) is 0.312. The van der Waals surface area contributed by atoms with Crippen LogP contribution in [0.5, 0.6) is 11.5 Å². The third-order valence-corrected chi connectivity index (χ3v) is 3.21. The molecule has 0 amide bonds. The van der Waals surface area contributed by atoms with Crippen LogP contribution in [0, 0.1) is 0 Å². The first-order valence-electron chi connectivity index (χ1n) is 6.60.